The summed E-state index contributed by atoms with van der Waals surface area (Å²) in [5, 5.41) is 0. The minimum atomic E-state index is -0.868. The fourth-order valence-corrected chi connectivity index (χ4v) is 2.13. The largest absolute Gasteiger partial charge is 0.455 e. The van der Waals surface area contributed by atoms with Crippen LogP contribution in [0.4, 0.5) is 0 Å². The molecule has 0 bridgehead atoms. The van der Waals surface area contributed by atoms with Crippen LogP contribution in [0, 0.1) is 0 Å². The number of esters is 2. The SMILES string of the molecule is COC1OC(C)C(OC)C(OC(C)=O)C1OC(C)=O. The summed E-state index contributed by atoms with van der Waals surface area (Å²) in [6.07, 6.45) is -3.37. The minimum absolute atomic E-state index is 0.369. The summed E-state index contributed by atoms with van der Waals surface area (Å²) in [5.41, 5.74) is 0. The van der Waals surface area contributed by atoms with Crippen LogP contribution in [0.25, 0.3) is 0 Å². The molecule has 1 heterocycles. The van der Waals surface area contributed by atoms with Crippen molar-refractivity contribution in [3.63, 3.8) is 0 Å². The second-order valence-electron chi connectivity index (χ2n) is 4.29. The molecule has 0 saturated carbocycles. The van der Waals surface area contributed by atoms with Crippen molar-refractivity contribution in [2.75, 3.05) is 14.2 Å². The molecule has 0 N–H and O–H groups in total. The molecule has 0 aromatic heterocycles. The van der Waals surface area contributed by atoms with Gasteiger partial charge in [-0.3, -0.25) is 9.59 Å². The van der Waals surface area contributed by atoms with Gasteiger partial charge in [0.1, 0.15) is 6.10 Å². The van der Waals surface area contributed by atoms with Crippen LogP contribution in [0.3, 0.4) is 0 Å². The molecule has 0 aromatic rings. The fourth-order valence-electron chi connectivity index (χ4n) is 2.13. The number of methoxy groups -OCH3 is 2. The Labute approximate surface area is 112 Å². The summed E-state index contributed by atoms with van der Waals surface area (Å²) in [6, 6.07) is 0. The van der Waals surface area contributed by atoms with Crippen molar-refractivity contribution in [1.29, 1.82) is 0 Å². The quantitative estimate of drug-likeness (QED) is 0.681. The van der Waals surface area contributed by atoms with Gasteiger partial charge in [-0.15, -0.1) is 0 Å². The average molecular weight is 276 g/mol. The maximum absolute atomic E-state index is 11.2. The maximum Gasteiger partial charge on any atom is 0.303 e. The molecule has 1 aliphatic rings. The predicted octanol–water partition coefficient (Wildman–Crippen LogP) is 0.256. The molecule has 110 valence electrons. The summed E-state index contributed by atoms with van der Waals surface area (Å²) in [6.45, 7) is 4.30. The van der Waals surface area contributed by atoms with Gasteiger partial charge >= 0.3 is 11.9 Å². The average Bonchev–Trinajstić information content (AvgIpc) is 2.31. The van der Waals surface area contributed by atoms with E-state index < -0.39 is 36.5 Å². The standard InChI is InChI=1S/C12H20O7/c1-6-9(15-4)10(18-7(2)13)11(19-8(3)14)12(16-5)17-6/h6,9-12H,1-5H3. The highest BCUT2D eigenvalue weighted by Crippen LogP contribution is 2.28. The summed E-state index contributed by atoms with van der Waals surface area (Å²) in [7, 11) is 2.89. The molecule has 0 aromatic carbocycles. The maximum atomic E-state index is 11.2. The molecule has 1 rings (SSSR count). The van der Waals surface area contributed by atoms with Crippen molar-refractivity contribution in [2.24, 2.45) is 0 Å². The molecular formula is C12H20O7. The zero-order chi connectivity index (χ0) is 14.6. The number of rotatable bonds is 4. The second-order valence-corrected chi connectivity index (χ2v) is 4.29. The van der Waals surface area contributed by atoms with Gasteiger partial charge < -0.3 is 23.7 Å². The Bertz CT molecular complexity index is 330. The lowest BCUT2D eigenvalue weighted by atomic mass is 9.99. The first-order valence-corrected chi connectivity index (χ1v) is 5.96. The first kappa shape index (κ1) is 15.9. The highest BCUT2D eigenvalue weighted by molar-refractivity contribution is 5.67. The summed E-state index contributed by atoms with van der Waals surface area (Å²) in [5.74, 6) is -1.01. The van der Waals surface area contributed by atoms with E-state index in [1.54, 1.807) is 6.92 Å². The molecule has 0 radical (unpaired) electrons. The van der Waals surface area contributed by atoms with Gasteiger partial charge in [-0.25, -0.2) is 0 Å². The van der Waals surface area contributed by atoms with Crippen LogP contribution >= 0.6 is 0 Å². The van der Waals surface area contributed by atoms with E-state index in [0.29, 0.717) is 0 Å². The van der Waals surface area contributed by atoms with E-state index in [1.165, 1.54) is 28.1 Å². The lowest BCUT2D eigenvalue weighted by molar-refractivity contribution is -0.295. The van der Waals surface area contributed by atoms with E-state index in [1.807, 2.05) is 0 Å². The van der Waals surface area contributed by atoms with E-state index in [9.17, 15) is 9.59 Å². The highest BCUT2D eigenvalue weighted by atomic mass is 16.7. The molecule has 5 unspecified atom stereocenters. The zero-order valence-corrected chi connectivity index (χ0v) is 11.7. The summed E-state index contributed by atoms with van der Waals surface area (Å²) >= 11 is 0. The van der Waals surface area contributed by atoms with Gasteiger partial charge in [-0.2, -0.15) is 0 Å². The van der Waals surface area contributed by atoms with E-state index in [0.717, 1.165) is 0 Å². The Morgan fingerprint density at radius 1 is 0.895 bits per heavy atom. The first-order valence-electron chi connectivity index (χ1n) is 5.96. The monoisotopic (exact) mass is 276 g/mol. The van der Waals surface area contributed by atoms with Gasteiger partial charge in [0, 0.05) is 28.1 Å². The third-order valence-corrected chi connectivity index (χ3v) is 2.84. The molecule has 0 aliphatic carbocycles. The number of hydrogen-bond donors (Lipinski definition) is 0. The molecule has 0 amide bonds. The molecule has 7 heteroatoms. The smallest absolute Gasteiger partial charge is 0.303 e. The van der Waals surface area contributed by atoms with Crippen LogP contribution in [0.15, 0.2) is 0 Å². The lowest BCUT2D eigenvalue weighted by Gasteiger charge is -2.42. The lowest BCUT2D eigenvalue weighted by Crippen LogP contribution is -2.60. The van der Waals surface area contributed by atoms with Crippen LogP contribution in [-0.4, -0.2) is 56.9 Å². The van der Waals surface area contributed by atoms with Crippen LogP contribution < -0.4 is 0 Å². The van der Waals surface area contributed by atoms with Crippen LogP contribution in [0.2, 0.25) is 0 Å². The fraction of sp³-hybridized carbons (Fsp3) is 0.833. The van der Waals surface area contributed by atoms with Gasteiger partial charge in [0.25, 0.3) is 0 Å². The Morgan fingerprint density at radius 3 is 1.84 bits per heavy atom. The molecule has 19 heavy (non-hydrogen) atoms. The van der Waals surface area contributed by atoms with Crippen molar-refractivity contribution in [3.05, 3.63) is 0 Å². The normalized spacial score (nSPS) is 34.7. The van der Waals surface area contributed by atoms with Gasteiger partial charge in [0.15, 0.2) is 18.5 Å². The molecule has 7 nitrogen and oxygen atoms in total. The molecule has 0 spiro atoms. The zero-order valence-electron chi connectivity index (χ0n) is 11.7. The molecule has 5 atom stereocenters. The molecule has 1 fully saturated rings. The Morgan fingerprint density at radius 2 is 1.42 bits per heavy atom. The highest BCUT2D eigenvalue weighted by Gasteiger charge is 2.49. The molecular weight excluding hydrogens is 256 g/mol. The number of hydrogen-bond acceptors (Lipinski definition) is 7. The van der Waals surface area contributed by atoms with Gasteiger partial charge in [0.05, 0.1) is 6.10 Å². The van der Waals surface area contributed by atoms with E-state index in [4.69, 9.17) is 23.7 Å². The van der Waals surface area contributed by atoms with Gasteiger partial charge in [-0.05, 0) is 6.92 Å². The van der Waals surface area contributed by atoms with Crippen molar-refractivity contribution in [2.45, 2.75) is 51.5 Å². The number of carbonyl (C=O) groups is 2. The Kier molecular flexibility index (Phi) is 5.71. The Balaban J connectivity index is 2.99. The van der Waals surface area contributed by atoms with Gasteiger partial charge in [-0.1, -0.05) is 0 Å². The van der Waals surface area contributed by atoms with Crippen molar-refractivity contribution in [3.8, 4) is 0 Å². The van der Waals surface area contributed by atoms with Crippen LogP contribution in [-0.2, 0) is 33.3 Å². The first-order chi connectivity index (χ1) is 8.90. The van der Waals surface area contributed by atoms with E-state index in [-0.39, 0.29) is 6.10 Å². The van der Waals surface area contributed by atoms with Gasteiger partial charge in [0.2, 0.25) is 0 Å². The molecule has 1 saturated heterocycles. The minimum Gasteiger partial charge on any atom is -0.455 e. The Hall–Kier alpha value is -1.18. The number of carbonyl (C=O) groups excluding carboxylic acids is 2. The third-order valence-electron chi connectivity index (χ3n) is 2.84. The van der Waals surface area contributed by atoms with Crippen LogP contribution in [0.5, 0.6) is 0 Å². The van der Waals surface area contributed by atoms with Crippen molar-refractivity contribution in [1.82, 2.24) is 0 Å². The number of ether oxygens (including phenoxy) is 5. The second kappa shape index (κ2) is 6.83. The summed E-state index contributed by atoms with van der Waals surface area (Å²) < 4.78 is 26.3. The molecule has 1 aliphatic heterocycles. The van der Waals surface area contributed by atoms with Crippen molar-refractivity contribution < 1.29 is 33.3 Å². The summed E-state index contributed by atoms with van der Waals surface area (Å²) in [4.78, 5) is 22.4. The van der Waals surface area contributed by atoms with E-state index >= 15 is 0 Å². The van der Waals surface area contributed by atoms with E-state index in [2.05, 4.69) is 0 Å². The predicted molar refractivity (Wildman–Crippen MR) is 63.2 cm³/mol. The van der Waals surface area contributed by atoms with Crippen LogP contribution in [0.1, 0.15) is 20.8 Å². The third kappa shape index (κ3) is 3.89. The van der Waals surface area contributed by atoms with Crippen molar-refractivity contribution >= 4 is 11.9 Å². The topological polar surface area (TPSA) is 80.3 Å².